The van der Waals surface area contributed by atoms with Gasteiger partial charge in [0, 0.05) is 12.1 Å². The first-order valence-corrected chi connectivity index (χ1v) is 8.90. The van der Waals surface area contributed by atoms with E-state index < -0.39 is 27.4 Å². The molecule has 1 saturated carbocycles. The molecule has 1 aliphatic carbocycles. The SMILES string of the molecule is CCNS(=O)(=O)c1ccc(C(=O)NC2(CC(=O)O)CCC2)cc1. The lowest BCUT2D eigenvalue weighted by molar-refractivity contribution is -0.139. The third-order valence-corrected chi connectivity index (χ3v) is 5.50. The predicted octanol–water partition coefficient (Wildman–Crippen LogP) is 1.11. The van der Waals surface area contributed by atoms with Crippen molar-refractivity contribution in [3.8, 4) is 0 Å². The monoisotopic (exact) mass is 340 g/mol. The van der Waals surface area contributed by atoms with E-state index in [9.17, 15) is 18.0 Å². The summed E-state index contributed by atoms with van der Waals surface area (Å²) in [7, 11) is -3.56. The van der Waals surface area contributed by atoms with Crippen LogP contribution in [-0.4, -0.2) is 37.5 Å². The molecule has 0 heterocycles. The molecule has 2 rings (SSSR count). The first kappa shape index (κ1) is 17.4. The number of carboxylic acid groups (broad SMARTS) is 1. The summed E-state index contributed by atoms with van der Waals surface area (Å²) in [6, 6.07) is 5.56. The molecule has 8 heteroatoms. The van der Waals surface area contributed by atoms with E-state index >= 15 is 0 Å². The Hall–Kier alpha value is -1.93. The van der Waals surface area contributed by atoms with Gasteiger partial charge in [0.25, 0.3) is 5.91 Å². The van der Waals surface area contributed by atoms with E-state index in [-0.39, 0.29) is 17.9 Å². The Bertz CT molecular complexity index is 693. The molecule has 23 heavy (non-hydrogen) atoms. The second kappa shape index (κ2) is 6.67. The van der Waals surface area contributed by atoms with E-state index in [0.29, 0.717) is 18.4 Å². The Kier molecular flexibility index (Phi) is 5.06. The average molecular weight is 340 g/mol. The van der Waals surface area contributed by atoms with Gasteiger partial charge in [-0.3, -0.25) is 9.59 Å². The number of carbonyl (C=O) groups excluding carboxylic acids is 1. The number of rotatable bonds is 7. The fourth-order valence-corrected chi connectivity index (χ4v) is 3.65. The molecule has 1 amide bonds. The molecule has 0 saturated heterocycles. The van der Waals surface area contributed by atoms with Gasteiger partial charge in [0.2, 0.25) is 10.0 Å². The van der Waals surface area contributed by atoms with Gasteiger partial charge in [-0.05, 0) is 43.5 Å². The highest BCUT2D eigenvalue weighted by atomic mass is 32.2. The van der Waals surface area contributed by atoms with Crippen LogP contribution in [0.15, 0.2) is 29.2 Å². The van der Waals surface area contributed by atoms with E-state index in [2.05, 4.69) is 10.0 Å². The summed E-state index contributed by atoms with van der Waals surface area (Å²) in [5.41, 5.74) is -0.380. The van der Waals surface area contributed by atoms with Crippen molar-refractivity contribution in [1.82, 2.24) is 10.0 Å². The number of nitrogens with one attached hydrogen (secondary N) is 2. The molecule has 0 unspecified atom stereocenters. The quantitative estimate of drug-likeness (QED) is 0.688. The van der Waals surface area contributed by atoms with Crippen molar-refractivity contribution in [2.75, 3.05) is 6.54 Å². The average Bonchev–Trinajstić information content (AvgIpc) is 2.44. The van der Waals surface area contributed by atoms with Crippen molar-refractivity contribution in [2.45, 2.75) is 43.0 Å². The van der Waals surface area contributed by atoms with Crippen LogP contribution in [0.5, 0.6) is 0 Å². The van der Waals surface area contributed by atoms with Gasteiger partial charge < -0.3 is 10.4 Å². The molecular formula is C15H20N2O5S. The summed E-state index contributed by atoms with van der Waals surface area (Å²) in [4.78, 5) is 23.3. The zero-order valence-corrected chi connectivity index (χ0v) is 13.6. The number of benzene rings is 1. The predicted molar refractivity (Wildman–Crippen MR) is 83.6 cm³/mol. The molecule has 0 bridgehead atoms. The zero-order valence-electron chi connectivity index (χ0n) is 12.8. The van der Waals surface area contributed by atoms with Crippen molar-refractivity contribution in [3.63, 3.8) is 0 Å². The molecule has 1 aromatic carbocycles. The fraction of sp³-hybridized carbons (Fsp3) is 0.467. The molecule has 1 fully saturated rings. The molecule has 1 aromatic rings. The molecule has 0 atom stereocenters. The number of hydrogen-bond acceptors (Lipinski definition) is 4. The molecule has 0 aromatic heterocycles. The summed E-state index contributed by atoms with van der Waals surface area (Å²) < 4.78 is 26.1. The first-order chi connectivity index (χ1) is 10.8. The van der Waals surface area contributed by atoms with Gasteiger partial charge in [-0.15, -0.1) is 0 Å². The van der Waals surface area contributed by atoms with E-state index in [1.54, 1.807) is 6.92 Å². The number of carbonyl (C=O) groups is 2. The first-order valence-electron chi connectivity index (χ1n) is 7.42. The third-order valence-electron chi connectivity index (χ3n) is 3.94. The second-order valence-corrected chi connectivity index (χ2v) is 7.45. The van der Waals surface area contributed by atoms with E-state index in [0.717, 1.165) is 6.42 Å². The summed E-state index contributed by atoms with van der Waals surface area (Å²) in [5, 5.41) is 11.7. The Morgan fingerprint density at radius 1 is 1.22 bits per heavy atom. The minimum absolute atomic E-state index is 0.0831. The number of hydrogen-bond donors (Lipinski definition) is 3. The highest BCUT2D eigenvalue weighted by Gasteiger charge is 2.40. The summed E-state index contributed by atoms with van der Waals surface area (Å²) >= 11 is 0. The number of carboxylic acids is 1. The van der Waals surface area contributed by atoms with Crippen molar-refractivity contribution in [2.24, 2.45) is 0 Å². The summed E-state index contributed by atoms with van der Waals surface area (Å²) in [6.07, 6.45) is 2.05. The molecular weight excluding hydrogens is 320 g/mol. The van der Waals surface area contributed by atoms with Crippen LogP contribution in [0, 0.1) is 0 Å². The minimum atomic E-state index is -3.56. The van der Waals surface area contributed by atoms with Crippen LogP contribution in [0.25, 0.3) is 0 Å². The van der Waals surface area contributed by atoms with E-state index in [4.69, 9.17) is 5.11 Å². The van der Waals surface area contributed by atoms with E-state index in [1.165, 1.54) is 24.3 Å². The Morgan fingerprint density at radius 2 is 1.83 bits per heavy atom. The maximum Gasteiger partial charge on any atom is 0.305 e. The van der Waals surface area contributed by atoms with Crippen molar-refractivity contribution in [3.05, 3.63) is 29.8 Å². The maximum absolute atomic E-state index is 12.3. The van der Waals surface area contributed by atoms with Crippen LogP contribution in [0.1, 0.15) is 43.0 Å². The van der Waals surface area contributed by atoms with Crippen LogP contribution in [0.3, 0.4) is 0 Å². The van der Waals surface area contributed by atoms with Crippen LogP contribution < -0.4 is 10.0 Å². The minimum Gasteiger partial charge on any atom is -0.481 e. The van der Waals surface area contributed by atoms with Gasteiger partial charge in [-0.2, -0.15) is 0 Å². The van der Waals surface area contributed by atoms with Crippen molar-refractivity contribution >= 4 is 21.9 Å². The Balaban J connectivity index is 2.10. The summed E-state index contributed by atoms with van der Waals surface area (Å²) in [6.45, 7) is 1.96. The number of amides is 1. The zero-order chi connectivity index (χ0) is 17.1. The lowest BCUT2D eigenvalue weighted by Crippen LogP contribution is -2.54. The maximum atomic E-state index is 12.3. The molecule has 7 nitrogen and oxygen atoms in total. The van der Waals surface area contributed by atoms with Gasteiger partial charge in [0.15, 0.2) is 0 Å². The van der Waals surface area contributed by atoms with Gasteiger partial charge in [0.1, 0.15) is 0 Å². The van der Waals surface area contributed by atoms with Crippen LogP contribution in [0.2, 0.25) is 0 Å². The number of sulfonamides is 1. The summed E-state index contributed by atoms with van der Waals surface area (Å²) in [5.74, 6) is -1.34. The van der Waals surface area contributed by atoms with Gasteiger partial charge in [-0.25, -0.2) is 13.1 Å². The Labute approximate surface area is 135 Å². The third kappa shape index (κ3) is 4.08. The normalized spacial score (nSPS) is 16.4. The smallest absolute Gasteiger partial charge is 0.305 e. The van der Waals surface area contributed by atoms with Crippen molar-refractivity contribution < 1.29 is 23.1 Å². The Morgan fingerprint density at radius 3 is 2.26 bits per heavy atom. The molecule has 0 radical (unpaired) electrons. The van der Waals surface area contributed by atoms with Gasteiger partial charge in [-0.1, -0.05) is 6.92 Å². The lowest BCUT2D eigenvalue weighted by atomic mass is 9.74. The lowest BCUT2D eigenvalue weighted by Gasteiger charge is -2.41. The van der Waals surface area contributed by atoms with Crippen LogP contribution in [-0.2, 0) is 14.8 Å². The molecule has 0 aliphatic heterocycles. The molecule has 0 spiro atoms. The highest BCUT2D eigenvalue weighted by Crippen LogP contribution is 2.35. The fourth-order valence-electron chi connectivity index (χ4n) is 2.61. The van der Waals surface area contributed by atoms with Crippen LogP contribution in [0.4, 0.5) is 0 Å². The van der Waals surface area contributed by atoms with E-state index in [1.807, 2.05) is 0 Å². The molecule has 1 aliphatic rings. The second-order valence-electron chi connectivity index (χ2n) is 5.68. The van der Waals surface area contributed by atoms with Crippen LogP contribution >= 0.6 is 0 Å². The molecule has 126 valence electrons. The number of aliphatic carboxylic acids is 1. The standard InChI is InChI=1S/C15H20N2O5S/c1-2-16-23(21,22)12-6-4-11(5-7-12)14(20)17-15(8-3-9-15)10-13(18)19/h4-7,16H,2-3,8-10H2,1H3,(H,17,20)(H,18,19). The topological polar surface area (TPSA) is 113 Å². The van der Waals surface area contributed by atoms with Crippen molar-refractivity contribution in [1.29, 1.82) is 0 Å². The highest BCUT2D eigenvalue weighted by molar-refractivity contribution is 7.89. The van der Waals surface area contributed by atoms with Gasteiger partial charge in [0.05, 0.1) is 16.9 Å². The van der Waals surface area contributed by atoms with Gasteiger partial charge >= 0.3 is 5.97 Å². The largest absolute Gasteiger partial charge is 0.481 e. The molecule has 3 N–H and O–H groups in total.